The summed E-state index contributed by atoms with van der Waals surface area (Å²) in [6.45, 7) is 3.69. The first kappa shape index (κ1) is 13.9. The molecule has 0 saturated heterocycles. The van der Waals surface area contributed by atoms with E-state index in [2.05, 4.69) is 5.32 Å². The molecule has 1 aromatic carbocycles. The van der Waals surface area contributed by atoms with Gasteiger partial charge in [-0.2, -0.15) is 0 Å². The number of hydrogen-bond donors (Lipinski definition) is 2. The molecule has 0 aliphatic heterocycles. The molecule has 1 atom stereocenters. The number of carbonyl (C=O) groups excluding carboxylic acids is 1. The van der Waals surface area contributed by atoms with E-state index in [1.807, 2.05) is 19.1 Å². The third-order valence-electron chi connectivity index (χ3n) is 2.39. The molecule has 5 heteroatoms. The Hall–Kier alpha value is -1.13. The summed E-state index contributed by atoms with van der Waals surface area (Å²) in [7, 11) is 0. The lowest BCUT2D eigenvalue weighted by Gasteiger charge is -2.12. The van der Waals surface area contributed by atoms with E-state index in [0.29, 0.717) is 22.1 Å². The van der Waals surface area contributed by atoms with Gasteiger partial charge in [0, 0.05) is 23.0 Å². The van der Waals surface area contributed by atoms with Crippen LogP contribution in [0.15, 0.2) is 18.2 Å². The average Bonchev–Trinajstić information content (AvgIpc) is 2.22. The number of rotatable bonds is 4. The van der Waals surface area contributed by atoms with Crippen molar-refractivity contribution in [2.75, 3.05) is 5.32 Å². The van der Waals surface area contributed by atoms with Gasteiger partial charge in [0.15, 0.2) is 0 Å². The van der Waals surface area contributed by atoms with Crippen molar-refractivity contribution < 1.29 is 4.79 Å². The number of amides is 1. The first-order valence-corrected chi connectivity index (χ1v) is 6.04. The van der Waals surface area contributed by atoms with E-state index in [0.717, 1.165) is 5.56 Å². The van der Waals surface area contributed by atoms with Gasteiger partial charge in [-0.05, 0) is 24.6 Å². The Balaban J connectivity index is 2.67. The second-order valence-electron chi connectivity index (χ2n) is 4.02. The molecule has 0 aromatic heterocycles. The summed E-state index contributed by atoms with van der Waals surface area (Å²) in [5.74, 6) is -0.356. The van der Waals surface area contributed by atoms with E-state index in [1.54, 1.807) is 13.0 Å². The minimum Gasteiger partial charge on any atom is -0.393 e. The van der Waals surface area contributed by atoms with E-state index < -0.39 is 0 Å². The van der Waals surface area contributed by atoms with Crippen LogP contribution in [-0.2, 0) is 4.79 Å². The van der Waals surface area contributed by atoms with Crippen LogP contribution in [0.2, 0.25) is 5.02 Å². The van der Waals surface area contributed by atoms with Gasteiger partial charge in [-0.3, -0.25) is 4.79 Å². The summed E-state index contributed by atoms with van der Waals surface area (Å²) in [5, 5.41) is 3.41. The maximum absolute atomic E-state index is 11.8. The van der Waals surface area contributed by atoms with Crippen molar-refractivity contribution >= 4 is 40.4 Å². The zero-order valence-corrected chi connectivity index (χ0v) is 11.4. The van der Waals surface area contributed by atoms with Crippen molar-refractivity contribution in [2.45, 2.75) is 20.3 Å². The summed E-state index contributed by atoms with van der Waals surface area (Å²) < 4.78 is 0. The molecule has 0 radical (unpaired) electrons. The van der Waals surface area contributed by atoms with Crippen molar-refractivity contribution in [3.8, 4) is 0 Å². The number of aryl methyl sites for hydroxylation is 1. The number of benzene rings is 1. The van der Waals surface area contributed by atoms with Crippen LogP contribution in [0.3, 0.4) is 0 Å². The second-order valence-corrected chi connectivity index (χ2v) is 4.96. The van der Waals surface area contributed by atoms with Gasteiger partial charge in [0.2, 0.25) is 5.91 Å². The summed E-state index contributed by atoms with van der Waals surface area (Å²) in [6.07, 6.45) is 0.404. The third-order valence-corrected chi connectivity index (χ3v) is 2.97. The minimum absolute atomic E-state index is 0.113. The molecule has 0 aliphatic carbocycles. The van der Waals surface area contributed by atoms with Gasteiger partial charge in [0.05, 0.1) is 4.99 Å². The highest BCUT2D eigenvalue weighted by Crippen LogP contribution is 2.20. The van der Waals surface area contributed by atoms with Crippen LogP contribution in [0.4, 0.5) is 5.69 Å². The maximum atomic E-state index is 11.8. The molecule has 1 aromatic rings. The molecule has 1 amide bonds. The van der Waals surface area contributed by atoms with E-state index >= 15 is 0 Å². The maximum Gasteiger partial charge on any atom is 0.227 e. The second kappa shape index (κ2) is 5.98. The molecule has 1 unspecified atom stereocenters. The smallest absolute Gasteiger partial charge is 0.227 e. The molecule has 0 bridgehead atoms. The van der Waals surface area contributed by atoms with E-state index in [-0.39, 0.29) is 11.8 Å². The van der Waals surface area contributed by atoms with Crippen molar-refractivity contribution in [3.63, 3.8) is 0 Å². The molecule has 92 valence electrons. The van der Waals surface area contributed by atoms with Gasteiger partial charge in [-0.1, -0.05) is 36.8 Å². The monoisotopic (exact) mass is 270 g/mol. The fourth-order valence-corrected chi connectivity index (χ4v) is 1.76. The lowest BCUT2D eigenvalue weighted by Crippen LogP contribution is -2.24. The highest BCUT2D eigenvalue weighted by molar-refractivity contribution is 7.80. The van der Waals surface area contributed by atoms with Gasteiger partial charge in [-0.25, -0.2) is 0 Å². The highest BCUT2D eigenvalue weighted by Gasteiger charge is 2.14. The molecule has 0 fully saturated rings. The molecule has 0 aliphatic rings. The lowest BCUT2D eigenvalue weighted by molar-refractivity contribution is -0.119. The van der Waals surface area contributed by atoms with Gasteiger partial charge >= 0.3 is 0 Å². The Bertz CT molecular complexity index is 448. The Labute approximate surface area is 111 Å². The van der Waals surface area contributed by atoms with E-state index in [4.69, 9.17) is 29.6 Å². The van der Waals surface area contributed by atoms with E-state index in [1.165, 1.54) is 0 Å². The topological polar surface area (TPSA) is 55.1 Å². The van der Waals surface area contributed by atoms with E-state index in [9.17, 15) is 4.79 Å². The van der Waals surface area contributed by atoms with Crippen LogP contribution in [0, 0.1) is 12.8 Å². The Morgan fingerprint density at radius 2 is 2.24 bits per heavy atom. The summed E-state index contributed by atoms with van der Waals surface area (Å²) in [5.41, 5.74) is 7.05. The molecule has 0 heterocycles. The Morgan fingerprint density at radius 3 is 2.76 bits per heavy atom. The lowest BCUT2D eigenvalue weighted by atomic mass is 10.1. The summed E-state index contributed by atoms with van der Waals surface area (Å²) in [4.78, 5) is 12.1. The average molecular weight is 271 g/mol. The molecule has 0 spiro atoms. The van der Waals surface area contributed by atoms with Gasteiger partial charge in [-0.15, -0.1) is 0 Å². The molecular weight excluding hydrogens is 256 g/mol. The molecule has 0 saturated carbocycles. The normalized spacial score (nSPS) is 11.9. The highest BCUT2D eigenvalue weighted by atomic mass is 35.5. The predicted molar refractivity (Wildman–Crippen MR) is 75.4 cm³/mol. The largest absolute Gasteiger partial charge is 0.393 e. The number of carbonyl (C=O) groups is 1. The standard InChI is InChI=1S/C12H15ClN2OS/c1-7-3-4-9(6-10(7)13)15-12(16)8(2)5-11(14)17/h3-4,6,8H,5H2,1-2H3,(H2,14,17)(H,15,16). The van der Waals surface area contributed by atoms with Crippen molar-refractivity contribution in [2.24, 2.45) is 11.7 Å². The van der Waals surface area contributed by atoms with Gasteiger partial charge in [0.1, 0.15) is 0 Å². The van der Waals surface area contributed by atoms with Crippen LogP contribution >= 0.6 is 23.8 Å². The first-order valence-electron chi connectivity index (χ1n) is 5.25. The predicted octanol–water partition coefficient (Wildman–Crippen LogP) is 2.90. The number of nitrogens with two attached hydrogens (primary N) is 1. The Kier molecular flexibility index (Phi) is 4.90. The zero-order valence-electron chi connectivity index (χ0n) is 9.79. The van der Waals surface area contributed by atoms with Gasteiger partial charge in [0.25, 0.3) is 0 Å². The number of hydrogen-bond acceptors (Lipinski definition) is 2. The minimum atomic E-state index is -0.243. The van der Waals surface area contributed by atoms with Crippen molar-refractivity contribution in [1.82, 2.24) is 0 Å². The molecular formula is C12H15ClN2OS. The zero-order chi connectivity index (χ0) is 13.0. The molecule has 3 nitrogen and oxygen atoms in total. The third kappa shape index (κ3) is 4.32. The number of thiocarbonyl (C=S) groups is 1. The first-order chi connectivity index (χ1) is 7.90. The van der Waals surface area contributed by atoms with Crippen LogP contribution in [0.25, 0.3) is 0 Å². The summed E-state index contributed by atoms with van der Waals surface area (Å²) in [6, 6.07) is 5.39. The fraction of sp³-hybridized carbons (Fsp3) is 0.333. The van der Waals surface area contributed by atoms with Crippen LogP contribution < -0.4 is 11.1 Å². The quantitative estimate of drug-likeness (QED) is 0.827. The van der Waals surface area contributed by atoms with Crippen molar-refractivity contribution in [1.29, 1.82) is 0 Å². The van der Waals surface area contributed by atoms with Crippen molar-refractivity contribution in [3.05, 3.63) is 28.8 Å². The number of halogens is 1. The Morgan fingerprint density at radius 1 is 1.59 bits per heavy atom. The van der Waals surface area contributed by atoms with Gasteiger partial charge < -0.3 is 11.1 Å². The summed E-state index contributed by atoms with van der Waals surface area (Å²) >= 11 is 10.7. The van der Waals surface area contributed by atoms with Crippen LogP contribution in [0.5, 0.6) is 0 Å². The molecule has 1 rings (SSSR count). The number of anilines is 1. The number of nitrogens with one attached hydrogen (secondary N) is 1. The SMILES string of the molecule is Cc1ccc(NC(=O)C(C)CC(N)=S)cc1Cl. The van der Waals surface area contributed by atoms with Crippen LogP contribution in [-0.4, -0.2) is 10.9 Å². The fourth-order valence-electron chi connectivity index (χ4n) is 1.33. The van der Waals surface area contributed by atoms with Crippen LogP contribution in [0.1, 0.15) is 18.9 Å². The molecule has 17 heavy (non-hydrogen) atoms. The molecule has 3 N–H and O–H groups in total.